The minimum Gasteiger partial charge on any atom is -0.487 e. The number of fused-ring (bicyclic) bond motifs is 1. The second kappa shape index (κ2) is 6.18. The molecule has 0 atom stereocenters. The summed E-state index contributed by atoms with van der Waals surface area (Å²) in [4.78, 5) is 21.9. The third-order valence-electron chi connectivity index (χ3n) is 3.80. The molecule has 7 heteroatoms. The molecule has 0 radical (unpaired) electrons. The number of ether oxygens (including phenoxy) is 1. The Morgan fingerprint density at radius 2 is 2.08 bits per heavy atom. The first kappa shape index (κ1) is 15.6. The molecule has 0 saturated carbocycles. The Morgan fingerprint density at radius 3 is 2.80 bits per heavy atom. The highest BCUT2D eigenvalue weighted by molar-refractivity contribution is 7.17. The number of rotatable bonds is 4. The van der Waals surface area contributed by atoms with E-state index in [4.69, 9.17) is 4.74 Å². The second-order valence-electron chi connectivity index (χ2n) is 5.54. The van der Waals surface area contributed by atoms with Gasteiger partial charge in [-0.05, 0) is 43.3 Å². The minimum absolute atomic E-state index is 0.145. The first-order valence-electron chi connectivity index (χ1n) is 7.66. The monoisotopic (exact) mass is 355 g/mol. The number of thiazole rings is 1. The molecule has 3 heterocycles. The summed E-state index contributed by atoms with van der Waals surface area (Å²) in [6, 6.07) is 11.0. The number of nitrogens with one attached hydrogen (secondary N) is 1. The third kappa shape index (κ3) is 2.94. The van der Waals surface area contributed by atoms with Crippen LogP contribution in [-0.4, -0.2) is 14.4 Å². The van der Waals surface area contributed by atoms with Gasteiger partial charge in [-0.1, -0.05) is 0 Å². The van der Waals surface area contributed by atoms with Gasteiger partial charge in [0.05, 0.1) is 17.1 Å². The van der Waals surface area contributed by atoms with Crippen LogP contribution in [0.25, 0.3) is 16.3 Å². The summed E-state index contributed by atoms with van der Waals surface area (Å²) >= 11 is 1.46. The lowest BCUT2D eigenvalue weighted by Crippen LogP contribution is -2.16. The maximum atomic E-state index is 12.9. The zero-order valence-corrected chi connectivity index (χ0v) is 14.1. The molecule has 0 unspecified atom stereocenters. The maximum absolute atomic E-state index is 12.9. The van der Waals surface area contributed by atoms with Gasteiger partial charge >= 0.3 is 0 Å². The number of aromatic nitrogens is 3. The Hall–Kier alpha value is -2.93. The van der Waals surface area contributed by atoms with Crippen LogP contribution in [-0.2, 0) is 6.61 Å². The molecular formula is C18H14FN3O2S. The van der Waals surface area contributed by atoms with Crippen molar-refractivity contribution < 1.29 is 9.13 Å². The molecule has 0 fully saturated rings. The zero-order chi connectivity index (χ0) is 17.4. The van der Waals surface area contributed by atoms with Gasteiger partial charge in [0.2, 0.25) is 0 Å². The first-order valence-corrected chi connectivity index (χ1v) is 8.47. The highest BCUT2D eigenvalue weighted by Gasteiger charge is 2.15. The Balaban J connectivity index is 1.68. The molecule has 4 aromatic rings. The van der Waals surface area contributed by atoms with Crippen molar-refractivity contribution >= 4 is 16.3 Å². The fourth-order valence-electron chi connectivity index (χ4n) is 2.67. The molecule has 0 aliphatic heterocycles. The predicted octanol–water partition coefficient (Wildman–Crippen LogP) is 3.78. The third-order valence-corrected chi connectivity index (χ3v) is 4.75. The number of aryl methyl sites for hydroxylation is 1. The molecule has 1 N–H and O–H groups in total. The number of benzene rings is 1. The molecule has 0 amide bonds. The average Bonchev–Trinajstić information content (AvgIpc) is 3.21. The van der Waals surface area contributed by atoms with Crippen LogP contribution in [0.1, 0.15) is 10.6 Å². The topological polar surface area (TPSA) is 59.4 Å². The highest BCUT2D eigenvalue weighted by Crippen LogP contribution is 2.28. The van der Waals surface area contributed by atoms with Gasteiger partial charge in [-0.15, -0.1) is 11.3 Å². The molecule has 0 saturated heterocycles. The molecule has 1 aromatic carbocycles. The average molecular weight is 355 g/mol. The summed E-state index contributed by atoms with van der Waals surface area (Å²) < 4.78 is 20.1. The number of H-pyrrole nitrogens is 1. The van der Waals surface area contributed by atoms with Gasteiger partial charge in [0.25, 0.3) is 5.56 Å². The summed E-state index contributed by atoms with van der Waals surface area (Å²) in [5.41, 5.74) is 2.08. The number of halogens is 1. The van der Waals surface area contributed by atoms with E-state index in [0.29, 0.717) is 16.4 Å². The SMILES string of the molecule is Cc1sc2nc(COc3ccc(F)cc3)cc(=O)n2c1-c1ccc[nH]1. The Morgan fingerprint density at radius 1 is 1.28 bits per heavy atom. The van der Waals surface area contributed by atoms with Gasteiger partial charge in [0.15, 0.2) is 4.96 Å². The first-order chi connectivity index (χ1) is 12.1. The van der Waals surface area contributed by atoms with Crippen LogP contribution in [0.5, 0.6) is 5.75 Å². The lowest BCUT2D eigenvalue weighted by atomic mass is 10.3. The summed E-state index contributed by atoms with van der Waals surface area (Å²) in [5, 5.41) is 0. The van der Waals surface area contributed by atoms with Crippen molar-refractivity contribution in [3.05, 3.63) is 75.4 Å². The van der Waals surface area contributed by atoms with E-state index in [1.54, 1.807) is 16.5 Å². The van der Waals surface area contributed by atoms with Gasteiger partial charge in [-0.3, -0.25) is 4.79 Å². The van der Waals surface area contributed by atoms with E-state index in [-0.39, 0.29) is 18.0 Å². The van der Waals surface area contributed by atoms with E-state index in [0.717, 1.165) is 16.3 Å². The molecular weight excluding hydrogens is 341 g/mol. The molecule has 3 aromatic heterocycles. The number of hydrogen-bond acceptors (Lipinski definition) is 4. The van der Waals surface area contributed by atoms with Gasteiger partial charge in [-0.2, -0.15) is 0 Å². The zero-order valence-electron chi connectivity index (χ0n) is 13.3. The molecule has 5 nitrogen and oxygen atoms in total. The summed E-state index contributed by atoms with van der Waals surface area (Å²) in [6.45, 7) is 2.11. The molecule has 4 rings (SSSR count). The van der Waals surface area contributed by atoms with Crippen molar-refractivity contribution in [2.75, 3.05) is 0 Å². The smallest absolute Gasteiger partial charge is 0.259 e. The second-order valence-corrected chi connectivity index (χ2v) is 6.72. The quantitative estimate of drug-likeness (QED) is 0.606. The molecule has 0 bridgehead atoms. The van der Waals surface area contributed by atoms with E-state index in [1.807, 2.05) is 25.3 Å². The standard InChI is InChI=1S/C18H14FN3O2S/c1-11-17(15-3-2-8-20-15)22-16(23)9-13(21-18(22)25-11)10-24-14-6-4-12(19)5-7-14/h2-9,20H,10H2,1H3. The van der Waals surface area contributed by atoms with Crippen molar-refractivity contribution in [2.24, 2.45) is 0 Å². The van der Waals surface area contributed by atoms with E-state index in [2.05, 4.69) is 9.97 Å². The molecule has 126 valence electrons. The predicted molar refractivity (Wildman–Crippen MR) is 94.6 cm³/mol. The van der Waals surface area contributed by atoms with Crippen LogP contribution in [0, 0.1) is 12.7 Å². The summed E-state index contributed by atoms with van der Waals surface area (Å²) in [7, 11) is 0. The van der Waals surface area contributed by atoms with Crippen LogP contribution in [0.3, 0.4) is 0 Å². The lowest BCUT2D eigenvalue weighted by Gasteiger charge is -2.06. The van der Waals surface area contributed by atoms with Gasteiger partial charge in [0, 0.05) is 17.1 Å². The van der Waals surface area contributed by atoms with Gasteiger partial charge in [0.1, 0.15) is 18.2 Å². The van der Waals surface area contributed by atoms with Crippen molar-refractivity contribution in [1.29, 1.82) is 0 Å². The largest absolute Gasteiger partial charge is 0.487 e. The molecule has 0 aliphatic carbocycles. The Kier molecular flexibility index (Phi) is 3.85. The van der Waals surface area contributed by atoms with Gasteiger partial charge < -0.3 is 9.72 Å². The molecule has 0 spiro atoms. The van der Waals surface area contributed by atoms with Gasteiger partial charge in [-0.25, -0.2) is 13.8 Å². The van der Waals surface area contributed by atoms with Crippen molar-refractivity contribution in [1.82, 2.24) is 14.4 Å². The maximum Gasteiger partial charge on any atom is 0.259 e. The minimum atomic E-state index is -0.323. The van der Waals surface area contributed by atoms with Crippen LogP contribution in [0.15, 0.2) is 53.5 Å². The Labute approximate surface area is 146 Å². The number of nitrogens with zero attached hydrogens (tertiary/aromatic N) is 2. The van der Waals surface area contributed by atoms with E-state index in [1.165, 1.54) is 29.5 Å². The normalized spacial score (nSPS) is 11.1. The van der Waals surface area contributed by atoms with Crippen molar-refractivity contribution in [3.63, 3.8) is 0 Å². The number of aromatic amines is 1. The summed E-state index contributed by atoms with van der Waals surface area (Å²) in [5.74, 6) is 0.203. The van der Waals surface area contributed by atoms with Crippen LogP contribution >= 0.6 is 11.3 Å². The van der Waals surface area contributed by atoms with E-state index < -0.39 is 0 Å². The van der Waals surface area contributed by atoms with Crippen molar-refractivity contribution in [2.45, 2.75) is 13.5 Å². The van der Waals surface area contributed by atoms with Crippen LogP contribution in [0.4, 0.5) is 4.39 Å². The molecule has 25 heavy (non-hydrogen) atoms. The van der Waals surface area contributed by atoms with Crippen LogP contribution in [0.2, 0.25) is 0 Å². The number of hydrogen-bond donors (Lipinski definition) is 1. The fourth-order valence-corrected chi connectivity index (χ4v) is 3.68. The fraction of sp³-hybridized carbons (Fsp3) is 0.111. The summed E-state index contributed by atoms with van der Waals surface area (Å²) in [6.07, 6.45) is 1.82. The lowest BCUT2D eigenvalue weighted by molar-refractivity contribution is 0.301. The van der Waals surface area contributed by atoms with Crippen LogP contribution < -0.4 is 10.3 Å². The van der Waals surface area contributed by atoms with E-state index >= 15 is 0 Å². The Bertz CT molecular complexity index is 1080. The molecule has 0 aliphatic rings. The van der Waals surface area contributed by atoms with Crippen molar-refractivity contribution in [3.8, 4) is 17.1 Å². The highest BCUT2D eigenvalue weighted by atomic mass is 32.1. The van der Waals surface area contributed by atoms with E-state index in [9.17, 15) is 9.18 Å².